The molecule has 3 aromatic carbocycles. The topological polar surface area (TPSA) is 38.8 Å². The molecule has 0 radical (unpaired) electrons. The van der Waals surface area contributed by atoms with E-state index in [9.17, 15) is 5.21 Å². The molecular formula is C25H24ClN2O2+. The van der Waals surface area contributed by atoms with Crippen molar-refractivity contribution in [1.29, 1.82) is 0 Å². The highest BCUT2D eigenvalue weighted by Gasteiger charge is 2.34. The smallest absolute Gasteiger partial charge is 0.142 e. The Morgan fingerprint density at radius 3 is 2.27 bits per heavy atom. The molecule has 0 spiro atoms. The number of nitrogens with zero attached hydrogens (tertiary/aromatic N) is 1. The van der Waals surface area contributed by atoms with Crippen LogP contribution in [0.4, 0.5) is 0 Å². The number of benzene rings is 3. The van der Waals surface area contributed by atoms with Crippen LogP contribution in [0.3, 0.4) is 0 Å². The lowest BCUT2D eigenvalue weighted by Crippen LogP contribution is -3.14. The number of fused-ring (bicyclic) bond motifs is 1. The number of halogens is 1. The normalized spacial score (nSPS) is 16.0. The van der Waals surface area contributed by atoms with Crippen molar-refractivity contribution < 1.29 is 14.8 Å². The van der Waals surface area contributed by atoms with E-state index in [2.05, 4.69) is 30.3 Å². The van der Waals surface area contributed by atoms with Gasteiger partial charge < -0.3 is 14.8 Å². The molecule has 0 aliphatic carbocycles. The van der Waals surface area contributed by atoms with Gasteiger partial charge in [0.25, 0.3) is 0 Å². The number of hydrogen-bond acceptors (Lipinski definition) is 2. The molecule has 1 saturated heterocycles. The average molecular weight is 420 g/mol. The largest absolute Gasteiger partial charge is 0.428 e. The Kier molecular flexibility index (Phi) is 5.21. The summed E-state index contributed by atoms with van der Waals surface area (Å²) in [6.07, 6.45) is 0. The summed E-state index contributed by atoms with van der Waals surface area (Å²) in [6, 6.07) is 26.4. The molecular weight excluding hydrogens is 396 g/mol. The highest BCUT2D eigenvalue weighted by Crippen LogP contribution is 2.38. The summed E-state index contributed by atoms with van der Waals surface area (Å²) < 4.78 is 7.00. The van der Waals surface area contributed by atoms with Crippen LogP contribution in [-0.2, 0) is 4.74 Å². The number of quaternary nitrogens is 1. The second kappa shape index (κ2) is 8.15. The molecule has 152 valence electrons. The van der Waals surface area contributed by atoms with E-state index < -0.39 is 0 Å². The third kappa shape index (κ3) is 3.37. The zero-order valence-corrected chi connectivity index (χ0v) is 17.3. The van der Waals surface area contributed by atoms with E-state index in [1.165, 1.54) is 15.2 Å². The first-order valence-electron chi connectivity index (χ1n) is 10.3. The summed E-state index contributed by atoms with van der Waals surface area (Å²) in [5.41, 5.74) is 4.98. The minimum Gasteiger partial charge on any atom is -0.428 e. The summed E-state index contributed by atoms with van der Waals surface area (Å²) in [7, 11) is 0. The fraction of sp³-hybridized carbons (Fsp3) is 0.200. The molecule has 5 rings (SSSR count). The van der Waals surface area contributed by atoms with Crippen LogP contribution in [0.15, 0.2) is 78.9 Å². The molecule has 1 fully saturated rings. The van der Waals surface area contributed by atoms with Crippen molar-refractivity contribution in [2.45, 2.75) is 6.04 Å². The summed E-state index contributed by atoms with van der Waals surface area (Å²) in [5.74, 6) is 0. The van der Waals surface area contributed by atoms with Crippen LogP contribution in [0.2, 0.25) is 5.02 Å². The molecule has 0 unspecified atom stereocenters. The second-order valence-corrected chi connectivity index (χ2v) is 8.15. The van der Waals surface area contributed by atoms with Gasteiger partial charge in [-0.15, -0.1) is 0 Å². The van der Waals surface area contributed by atoms with Gasteiger partial charge in [-0.3, -0.25) is 0 Å². The van der Waals surface area contributed by atoms with Crippen molar-refractivity contribution >= 4 is 22.5 Å². The standard InChI is InChI=1S/C25H23ClN2O2/c26-20-12-10-19(11-13-20)24(27-14-16-30-17-15-27)23-21-8-4-5-9-22(21)28(29)25(23)18-6-2-1-3-7-18/h1-13,24,29H,14-17H2/p+1/t24-/m1/s1. The van der Waals surface area contributed by atoms with Gasteiger partial charge in [-0.05, 0) is 18.2 Å². The average Bonchev–Trinajstić information content (AvgIpc) is 3.09. The minimum absolute atomic E-state index is 0.0553. The lowest BCUT2D eigenvalue weighted by Gasteiger charge is -2.32. The Morgan fingerprint density at radius 2 is 1.53 bits per heavy atom. The quantitative estimate of drug-likeness (QED) is 0.486. The zero-order valence-electron chi connectivity index (χ0n) is 16.6. The molecule has 1 aliphatic rings. The fourth-order valence-corrected chi connectivity index (χ4v) is 4.72. The van der Waals surface area contributed by atoms with Gasteiger partial charge in [-0.2, -0.15) is 4.73 Å². The molecule has 1 aromatic heterocycles. The molecule has 2 N–H and O–H groups in total. The predicted molar refractivity (Wildman–Crippen MR) is 119 cm³/mol. The molecule has 2 heterocycles. The number of nitrogens with one attached hydrogen (secondary N) is 1. The maximum Gasteiger partial charge on any atom is 0.142 e. The SMILES string of the molecule is On1c(-c2ccccc2)c([C@@H](c2ccc(Cl)cc2)[NH+]2CCOCC2)c2ccccc21. The minimum atomic E-state index is 0.0553. The molecule has 0 saturated carbocycles. The Morgan fingerprint density at radius 1 is 0.867 bits per heavy atom. The van der Waals surface area contributed by atoms with E-state index in [1.54, 1.807) is 0 Å². The predicted octanol–water partition coefficient (Wildman–Crippen LogP) is 4.20. The van der Waals surface area contributed by atoms with Gasteiger partial charge in [-0.25, -0.2) is 0 Å². The van der Waals surface area contributed by atoms with Gasteiger partial charge in [0, 0.05) is 21.5 Å². The number of hydrogen-bond donors (Lipinski definition) is 2. The fourth-order valence-electron chi connectivity index (χ4n) is 4.60. The first-order valence-corrected chi connectivity index (χ1v) is 10.7. The maximum atomic E-state index is 11.2. The molecule has 5 heteroatoms. The van der Waals surface area contributed by atoms with Gasteiger partial charge in [0.15, 0.2) is 0 Å². The highest BCUT2D eigenvalue weighted by atomic mass is 35.5. The molecule has 0 amide bonds. The Hall–Kier alpha value is -2.79. The number of rotatable bonds is 4. The van der Waals surface area contributed by atoms with E-state index >= 15 is 0 Å². The Balaban J connectivity index is 1.80. The van der Waals surface area contributed by atoms with E-state index in [0.29, 0.717) is 0 Å². The lowest BCUT2D eigenvalue weighted by molar-refractivity contribution is -0.932. The molecule has 0 bridgehead atoms. The van der Waals surface area contributed by atoms with E-state index in [1.807, 2.05) is 48.5 Å². The monoisotopic (exact) mass is 419 g/mol. The van der Waals surface area contributed by atoms with Crippen LogP contribution in [0.5, 0.6) is 0 Å². The van der Waals surface area contributed by atoms with Crippen molar-refractivity contribution in [2.75, 3.05) is 26.3 Å². The van der Waals surface area contributed by atoms with Crippen LogP contribution in [-0.4, -0.2) is 36.2 Å². The number of para-hydroxylation sites is 1. The van der Waals surface area contributed by atoms with Crippen LogP contribution in [0, 0.1) is 0 Å². The van der Waals surface area contributed by atoms with E-state index in [0.717, 1.165) is 59.0 Å². The molecule has 30 heavy (non-hydrogen) atoms. The molecule has 1 atom stereocenters. The molecule has 4 aromatic rings. The lowest BCUT2D eigenvalue weighted by atomic mass is 9.92. The number of morpholine rings is 1. The summed E-state index contributed by atoms with van der Waals surface area (Å²) in [4.78, 5) is 1.43. The molecule has 1 aliphatic heterocycles. The van der Waals surface area contributed by atoms with Crippen molar-refractivity contribution in [2.24, 2.45) is 0 Å². The van der Waals surface area contributed by atoms with Crippen LogP contribution < -0.4 is 4.90 Å². The zero-order chi connectivity index (χ0) is 20.5. The van der Waals surface area contributed by atoms with Gasteiger partial charge in [0.05, 0.1) is 30.0 Å². The number of ether oxygens (including phenoxy) is 1. The van der Waals surface area contributed by atoms with Crippen molar-refractivity contribution in [3.05, 3.63) is 95.0 Å². The van der Waals surface area contributed by atoms with Gasteiger partial charge in [0.2, 0.25) is 0 Å². The maximum absolute atomic E-state index is 11.2. The van der Waals surface area contributed by atoms with E-state index in [-0.39, 0.29) is 6.04 Å². The Labute approximate surface area is 180 Å². The Bertz CT molecular complexity index is 1150. The highest BCUT2D eigenvalue weighted by molar-refractivity contribution is 6.30. The summed E-state index contributed by atoms with van der Waals surface area (Å²) >= 11 is 6.20. The van der Waals surface area contributed by atoms with Crippen LogP contribution >= 0.6 is 11.6 Å². The van der Waals surface area contributed by atoms with Crippen molar-refractivity contribution in [1.82, 2.24) is 4.73 Å². The summed E-state index contributed by atoms with van der Waals surface area (Å²) in [5, 5.41) is 13.0. The van der Waals surface area contributed by atoms with Crippen molar-refractivity contribution in [3.8, 4) is 11.3 Å². The van der Waals surface area contributed by atoms with Crippen LogP contribution in [0.25, 0.3) is 22.2 Å². The van der Waals surface area contributed by atoms with Crippen LogP contribution in [0.1, 0.15) is 17.2 Å². The van der Waals surface area contributed by atoms with Gasteiger partial charge >= 0.3 is 0 Å². The third-order valence-corrected chi connectivity index (χ3v) is 6.22. The second-order valence-electron chi connectivity index (χ2n) is 7.71. The van der Waals surface area contributed by atoms with Gasteiger partial charge in [-0.1, -0.05) is 72.3 Å². The molecule has 4 nitrogen and oxygen atoms in total. The van der Waals surface area contributed by atoms with E-state index in [4.69, 9.17) is 16.3 Å². The third-order valence-electron chi connectivity index (χ3n) is 5.97. The van der Waals surface area contributed by atoms with Gasteiger partial charge in [0.1, 0.15) is 19.1 Å². The first-order chi connectivity index (χ1) is 14.7. The summed E-state index contributed by atoms with van der Waals surface area (Å²) in [6.45, 7) is 3.29. The van der Waals surface area contributed by atoms with Crippen molar-refractivity contribution in [3.63, 3.8) is 0 Å². The number of aromatic nitrogens is 1. The first kappa shape index (κ1) is 19.2.